The molecule has 2 aromatic heterocycles. The lowest BCUT2D eigenvalue weighted by Gasteiger charge is -2.36. The number of ether oxygens (including phenoxy) is 1. The van der Waals surface area contributed by atoms with E-state index in [2.05, 4.69) is 16.0 Å². The van der Waals surface area contributed by atoms with E-state index in [1.807, 2.05) is 31.1 Å². The van der Waals surface area contributed by atoms with Crippen LogP contribution < -0.4 is 4.90 Å². The van der Waals surface area contributed by atoms with Crippen molar-refractivity contribution in [2.75, 3.05) is 39.2 Å². The van der Waals surface area contributed by atoms with Crippen molar-refractivity contribution in [1.29, 1.82) is 0 Å². The zero-order valence-electron chi connectivity index (χ0n) is 18.8. The number of likely N-dealkylation sites (tertiary alicyclic amines) is 1. The zero-order chi connectivity index (χ0) is 21.8. The smallest absolute Gasteiger partial charge is 0.225 e. The van der Waals surface area contributed by atoms with Gasteiger partial charge in [0.1, 0.15) is 5.82 Å². The quantitative estimate of drug-likeness (QED) is 0.733. The number of amides is 1. The zero-order valence-corrected chi connectivity index (χ0v) is 18.8. The number of hydrogen-bond acceptors (Lipinski definition) is 6. The van der Waals surface area contributed by atoms with E-state index in [1.165, 1.54) is 0 Å². The van der Waals surface area contributed by atoms with E-state index in [0.717, 1.165) is 68.7 Å². The van der Waals surface area contributed by atoms with Crippen LogP contribution in [0.2, 0.25) is 0 Å². The number of rotatable bonds is 5. The molecule has 1 saturated heterocycles. The Morgan fingerprint density at radius 2 is 1.97 bits per heavy atom. The first-order chi connectivity index (χ1) is 15.0. The lowest BCUT2D eigenvalue weighted by atomic mass is 9.85. The fraction of sp³-hybridized carbons (Fsp3) is 0.583. The van der Waals surface area contributed by atoms with Crippen molar-refractivity contribution in [2.24, 2.45) is 5.92 Å². The van der Waals surface area contributed by atoms with Crippen molar-refractivity contribution >= 4 is 11.7 Å². The van der Waals surface area contributed by atoms with Gasteiger partial charge in [0.15, 0.2) is 5.82 Å². The molecule has 4 rings (SSSR count). The molecule has 2 fully saturated rings. The average Bonchev–Trinajstić information content (AvgIpc) is 2.84. The molecular weight excluding hydrogens is 390 g/mol. The molecule has 31 heavy (non-hydrogen) atoms. The summed E-state index contributed by atoms with van der Waals surface area (Å²) in [6, 6.07) is 5.96. The fourth-order valence-corrected chi connectivity index (χ4v) is 4.74. The summed E-state index contributed by atoms with van der Waals surface area (Å²) in [4.78, 5) is 31.2. The highest BCUT2D eigenvalue weighted by Gasteiger charge is 2.33. The van der Waals surface area contributed by atoms with Crippen molar-refractivity contribution in [3.05, 3.63) is 36.3 Å². The highest BCUT2D eigenvalue weighted by Crippen LogP contribution is 2.32. The largest absolute Gasteiger partial charge is 0.381 e. The predicted molar refractivity (Wildman–Crippen MR) is 121 cm³/mol. The number of carbonyl (C=O) groups excluding carboxylic acids is 1. The highest BCUT2D eigenvalue weighted by atomic mass is 16.5. The van der Waals surface area contributed by atoms with Gasteiger partial charge in [0, 0.05) is 70.2 Å². The van der Waals surface area contributed by atoms with E-state index in [9.17, 15) is 4.79 Å². The number of carbonyl (C=O) groups is 1. The minimum atomic E-state index is 0.138. The third-order valence-corrected chi connectivity index (χ3v) is 6.62. The van der Waals surface area contributed by atoms with E-state index in [4.69, 9.17) is 14.7 Å². The van der Waals surface area contributed by atoms with Gasteiger partial charge in [0.2, 0.25) is 5.91 Å². The first-order valence-corrected chi connectivity index (χ1v) is 11.3. The molecule has 7 heteroatoms. The van der Waals surface area contributed by atoms with Gasteiger partial charge in [0.05, 0.1) is 11.8 Å². The third kappa shape index (κ3) is 5.03. The molecule has 0 unspecified atom stereocenters. The molecule has 166 valence electrons. The Hall–Kier alpha value is -2.54. The second kappa shape index (κ2) is 9.73. The number of hydrogen-bond donors (Lipinski definition) is 0. The number of nitrogens with zero attached hydrogens (tertiary/aromatic N) is 5. The molecule has 1 aliphatic heterocycles. The van der Waals surface area contributed by atoms with Gasteiger partial charge in [-0.1, -0.05) is 0 Å². The van der Waals surface area contributed by atoms with E-state index in [-0.39, 0.29) is 11.8 Å². The van der Waals surface area contributed by atoms with Gasteiger partial charge < -0.3 is 14.5 Å². The summed E-state index contributed by atoms with van der Waals surface area (Å²) in [7, 11) is 5.75. The molecule has 0 radical (unpaired) electrons. The van der Waals surface area contributed by atoms with Gasteiger partial charge in [-0.15, -0.1) is 0 Å². The van der Waals surface area contributed by atoms with Gasteiger partial charge in [0.25, 0.3) is 0 Å². The van der Waals surface area contributed by atoms with Crippen molar-refractivity contribution in [3.63, 3.8) is 0 Å². The fourth-order valence-electron chi connectivity index (χ4n) is 4.74. The average molecular weight is 424 g/mol. The van der Waals surface area contributed by atoms with Gasteiger partial charge >= 0.3 is 0 Å². The number of anilines is 1. The SMILES string of the molecule is COC1CCC(C(=O)N2CCC[C@H](c3cc(N(C)C)nc(-c4cccnc4)n3)C2)CC1. The van der Waals surface area contributed by atoms with Crippen LogP contribution in [0.15, 0.2) is 30.6 Å². The molecule has 3 heterocycles. The minimum absolute atomic E-state index is 0.138. The molecule has 0 spiro atoms. The van der Waals surface area contributed by atoms with E-state index in [1.54, 1.807) is 19.5 Å². The molecule has 1 aliphatic carbocycles. The first kappa shape index (κ1) is 21.7. The molecule has 0 aromatic carbocycles. The summed E-state index contributed by atoms with van der Waals surface area (Å²) in [5.74, 6) is 2.25. The van der Waals surface area contributed by atoms with Crippen LogP contribution in [0.1, 0.15) is 50.1 Å². The maximum Gasteiger partial charge on any atom is 0.225 e. The van der Waals surface area contributed by atoms with Crippen LogP contribution in [-0.4, -0.2) is 66.2 Å². The molecule has 2 aliphatic rings. The topological polar surface area (TPSA) is 71.5 Å². The molecule has 1 saturated carbocycles. The standard InChI is InChI=1S/C24H33N5O2/c1-28(2)22-14-21(26-23(27-22)18-6-4-12-25-15-18)19-7-5-13-29(16-19)24(30)17-8-10-20(31-3)11-9-17/h4,6,12,14-15,17,19-20H,5,7-11,13,16H2,1-3H3/t17?,19-,20?/m0/s1. The molecule has 2 aromatic rings. The van der Waals surface area contributed by atoms with Crippen LogP contribution in [0.3, 0.4) is 0 Å². The Labute approximate surface area is 184 Å². The number of aromatic nitrogens is 3. The molecule has 1 atom stereocenters. The van der Waals surface area contributed by atoms with Crippen molar-refractivity contribution < 1.29 is 9.53 Å². The van der Waals surface area contributed by atoms with Crippen LogP contribution in [-0.2, 0) is 9.53 Å². The Morgan fingerprint density at radius 3 is 2.65 bits per heavy atom. The van der Waals surface area contributed by atoms with Crippen LogP contribution in [0, 0.1) is 5.92 Å². The third-order valence-electron chi connectivity index (χ3n) is 6.62. The Morgan fingerprint density at radius 1 is 1.16 bits per heavy atom. The molecule has 0 N–H and O–H groups in total. The summed E-state index contributed by atoms with van der Waals surface area (Å²) < 4.78 is 5.47. The normalized spacial score (nSPS) is 24.1. The highest BCUT2D eigenvalue weighted by molar-refractivity contribution is 5.79. The second-order valence-corrected chi connectivity index (χ2v) is 8.94. The summed E-state index contributed by atoms with van der Waals surface area (Å²) >= 11 is 0. The van der Waals surface area contributed by atoms with E-state index < -0.39 is 0 Å². The van der Waals surface area contributed by atoms with Crippen LogP contribution >= 0.6 is 0 Å². The maximum atomic E-state index is 13.2. The number of pyridine rings is 1. The van der Waals surface area contributed by atoms with Crippen molar-refractivity contribution in [1.82, 2.24) is 19.9 Å². The summed E-state index contributed by atoms with van der Waals surface area (Å²) in [5, 5.41) is 0. The summed E-state index contributed by atoms with van der Waals surface area (Å²) in [6.07, 6.45) is 9.74. The van der Waals surface area contributed by atoms with Gasteiger partial charge in [-0.05, 0) is 50.7 Å². The van der Waals surface area contributed by atoms with Crippen LogP contribution in [0.5, 0.6) is 0 Å². The van der Waals surface area contributed by atoms with E-state index >= 15 is 0 Å². The Kier molecular flexibility index (Phi) is 6.80. The second-order valence-electron chi connectivity index (χ2n) is 8.94. The predicted octanol–water partition coefficient (Wildman–Crippen LogP) is 3.52. The van der Waals surface area contributed by atoms with Crippen LogP contribution in [0.25, 0.3) is 11.4 Å². The summed E-state index contributed by atoms with van der Waals surface area (Å²) in [6.45, 7) is 1.58. The molecule has 1 amide bonds. The van der Waals surface area contributed by atoms with E-state index in [0.29, 0.717) is 17.8 Å². The number of piperidine rings is 1. The van der Waals surface area contributed by atoms with Crippen molar-refractivity contribution in [3.8, 4) is 11.4 Å². The lowest BCUT2D eigenvalue weighted by Crippen LogP contribution is -2.43. The minimum Gasteiger partial charge on any atom is -0.381 e. The number of methoxy groups -OCH3 is 1. The van der Waals surface area contributed by atoms with Crippen LogP contribution in [0.4, 0.5) is 5.82 Å². The Bertz CT molecular complexity index is 881. The molecule has 7 nitrogen and oxygen atoms in total. The molecular formula is C24H33N5O2. The van der Waals surface area contributed by atoms with Crippen molar-refractivity contribution in [2.45, 2.75) is 50.5 Å². The molecule has 0 bridgehead atoms. The summed E-state index contributed by atoms with van der Waals surface area (Å²) in [5.41, 5.74) is 1.92. The maximum absolute atomic E-state index is 13.2. The van der Waals surface area contributed by atoms with Gasteiger partial charge in [-0.3, -0.25) is 9.78 Å². The first-order valence-electron chi connectivity index (χ1n) is 11.3. The monoisotopic (exact) mass is 423 g/mol. The Balaban J connectivity index is 1.52. The lowest BCUT2D eigenvalue weighted by molar-refractivity contribution is -0.138. The van der Waals surface area contributed by atoms with Gasteiger partial charge in [-0.2, -0.15) is 0 Å². The van der Waals surface area contributed by atoms with Gasteiger partial charge in [-0.25, -0.2) is 9.97 Å².